The number of rotatable bonds is 1. The van der Waals surface area contributed by atoms with Gasteiger partial charge in [-0.25, -0.2) is 0 Å². The van der Waals surface area contributed by atoms with Gasteiger partial charge in [-0.2, -0.15) is 0 Å². The Morgan fingerprint density at radius 1 is 1.50 bits per heavy atom. The number of fused-ring (bicyclic) bond motifs is 1. The van der Waals surface area contributed by atoms with Gasteiger partial charge in [0.2, 0.25) is 0 Å². The minimum Gasteiger partial charge on any atom is -0.496 e. The van der Waals surface area contributed by atoms with Crippen molar-refractivity contribution in [2.24, 2.45) is 0 Å². The summed E-state index contributed by atoms with van der Waals surface area (Å²) >= 11 is 3.46. The van der Waals surface area contributed by atoms with Crippen LogP contribution in [0.25, 0.3) is 0 Å². The summed E-state index contributed by atoms with van der Waals surface area (Å²) in [6, 6.07) is 3.96. The summed E-state index contributed by atoms with van der Waals surface area (Å²) in [5.41, 5.74) is 1.31. The number of benzene rings is 1. The molecule has 0 saturated heterocycles. The molecule has 1 aromatic rings. The molecule has 1 aliphatic heterocycles. The van der Waals surface area contributed by atoms with E-state index in [1.54, 1.807) is 7.11 Å². The van der Waals surface area contributed by atoms with Crippen LogP contribution in [0.1, 0.15) is 18.1 Å². The number of β-amino-alcohol motifs (C(OH)–C–C–N with tert-alkyl or cyclic N) is 1. The van der Waals surface area contributed by atoms with Gasteiger partial charge in [-0.1, -0.05) is 0 Å². The molecule has 0 aliphatic carbocycles. The maximum Gasteiger partial charge on any atom is 0.133 e. The standard InChI is InChI=1S/C12H16BrNO2/c1-12(15)7-14-4-3-8-5-11(16-2)10(13)6-9(8)12/h5-6,14-15H,3-4,7H2,1-2H3. The predicted molar refractivity (Wildman–Crippen MR) is 66.8 cm³/mol. The average molecular weight is 286 g/mol. The van der Waals surface area contributed by atoms with Crippen LogP contribution >= 0.6 is 15.9 Å². The highest BCUT2D eigenvalue weighted by Crippen LogP contribution is 2.34. The maximum absolute atomic E-state index is 10.4. The van der Waals surface area contributed by atoms with Gasteiger partial charge in [0.15, 0.2) is 0 Å². The average Bonchev–Trinajstić information content (AvgIpc) is 2.38. The van der Waals surface area contributed by atoms with Crippen molar-refractivity contribution in [3.63, 3.8) is 0 Å². The van der Waals surface area contributed by atoms with Crippen LogP contribution in [0.5, 0.6) is 5.75 Å². The van der Waals surface area contributed by atoms with Crippen molar-refractivity contribution in [2.45, 2.75) is 18.9 Å². The van der Waals surface area contributed by atoms with Crippen LogP contribution in [-0.4, -0.2) is 25.3 Å². The molecule has 0 radical (unpaired) electrons. The molecular formula is C12H16BrNO2. The van der Waals surface area contributed by atoms with Crippen LogP contribution < -0.4 is 10.1 Å². The van der Waals surface area contributed by atoms with E-state index in [1.807, 2.05) is 19.1 Å². The molecule has 1 unspecified atom stereocenters. The molecular weight excluding hydrogens is 270 g/mol. The number of aliphatic hydroxyl groups is 1. The first-order valence-corrected chi connectivity index (χ1v) is 6.14. The Labute approximate surface area is 104 Å². The van der Waals surface area contributed by atoms with Gasteiger partial charge in [0.25, 0.3) is 0 Å². The summed E-state index contributed by atoms with van der Waals surface area (Å²) in [4.78, 5) is 0. The molecule has 0 fully saturated rings. The molecule has 2 rings (SSSR count). The maximum atomic E-state index is 10.4. The molecule has 1 aliphatic rings. The molecule has 88 valence electrons. The van der Waals surface area contributed by atoms with Crippen LogP contribution in [-0.2, 0) is 12.0 Å². The molecule has 1 aromatic carbocycles. The summed E-state index contributed by atoms with van der Waals surface area (Å²) in [6.07, 6.45) is 0.912. The van der Waals surface area contributed by atoms with Crippen molar-refractivity contribution in [3.05, 3.63) is 27.7 Å². The van der Waals surface area contributed by atoms with E-state index < -0.39 is 5.60 Å². The lowest BCUT2D eigenvalue weighted by Gasteiger charge is -2.24. The second-order valence-corrected chi connectivity index (χ2v) is 5.20. The lowest BCUT2D eigenvalue weighted by atomic mass is 9.91. The van der Waals surface area contributed by atoms with E-state index in [9.17, 15) is 5.11 Å². The van der Waals surface area contributed by atoms with Crippen LogP contribution in [0.2, 0.25) is 0 Å². The van der Waals surface area contributed by atoms with Gasteiger partial charge >= 0.3 is 0 Å². The third kappa shape index (κ3) is 2.10. The molecule has 1 heterocycles. The fourth-order valence-corrected chi connectivity index (χ4v) is 2.62. The van der Waals surface area contributed by atoms with Gasteiger partial charge in [-0.3, -0.25) is 0 Å². The minimum absolute atomic E-state index is 0.582. The predicted octanol–water partition coefficient (Wildman–Crippen LogP) is 1.81. The number of hydrogen-bond donors (Lipinski definition) is 2. The van der Waals surface area contributed by atoms with E-state index in [0.29, 0.717) is 6.54 Å². The van der Waals surface area contributed by atoms with Crippen LogP contribution in [0.15, 0.2) is 16.6 Å². The second-order valence-electron chi connectivity index (χ2n) is 4.34. The summed E-state index contributed by atoms with van der Waals surface area (Å²) in [5.74, 6) is 0.816. The minimum atomic E-state index is -0.819. The third-order valence-corrected chi connectivity index (χ3v) is 3.62. The zero-order valence-electron chi connectivity index (χ0n) is 9.51. The first-order valence-electron chi connectivity index (χ1n) is 5.34. The Bertz CT molecular complexity index is 404. The van der Waals surface area contributed by atoms with Crippen LogP contribution in [0, 0.1) is 0 Å². The van der Waals surface area contributed by atoms with E-state index in [-0.39, 0.29) is 0 Å². The van der Waals surface area contributed by atoms with Crippen molar-refractivity contribution >= 4 is 15.9 Å². The largest absolute Gasteiger partial charge is 0.496 e. The summed E-state index contributed by atoms with van der Waals surface area (Å²) < 4.78 is 6.16. The summed E-state index contributed by atoms with van der Waals surface area (Å²) in [5, 5.41) is 13.6. The van der Waals surface area contributed by atoms with E-state index in [0.717, 1.165) is 34.3 Å². The SMILES string of the molecule is COc1cc2c(cc1Br)C(C)(O)CNCC2. The van der Waals surface area contributed by atoms with Gasteiger partial charge in [0.05, 0.1) is 17.2 Å². The van der Waals surface area contributed by atoms with Gasteiger partial charge in [0, 0.05) is 6.54 Å². The quantitative estimate of drug-likeness (QED) is 0.827. The zero-order valence-corrected chi connectivity index (χ0v) is 11.1. The smallest absolute Gasteiger partial charge is 0.133 e. The van der Waals surface area contributed by atoms with Crippen molar-refractivity contribution in [1.82, 2.24) is 5.32 Å². The van der Waals surface area contributed by atoms with E-state index in [1.165, 1.54) is 0 Å². The van der Waals surface area contributed by atoms with Gasteiger partial charge in [0.1, 0.15) is 5.75 Å². The molecule has 0 spiro atoms. The monoisotopic (exact) mass is 285 g/mol. The van der Waals surface area contributed by atoms with Crippen molar-refractivity contribution in [1.29, 1.82) is 0 Å². The Kier molecular flexibility index (Phi) is 3.24. The molecule has 16 heavy (non-hydrogen) atoms. The molecule has 1 atom stereocenters. The Balaban J connectivity index is 2.54. The molecule has 0 aromatic heterocycles. The highest BCUT2D eigenvalue weighted by atomic mass is 79.9. The van der Waals surface area contributed by atoms with E-state index in [4.69, 9.17) is 4.74 Å². The van der Waals surface area contributed by atoms with Gasteiger partial charge in [-0.05, 0) is 59.1 Å². The number of hydrogen-bond acceptors (Lipinski definition) is 3. The highest BCUT2D eigenvalue weighted by Gasteiger charge is 2.28. The van der Waals surface area contributed by atoms with Gasteiger partial charge < -0.3 is 15.2 Å². The number of ether oxygens (including phenoxy) is 1. The Hall–Kier alpha value is -0.580. The van der Waals surface area contributed by atoms with Crippen LogP contribution in [0.3, 0.4) is 0 Å². The van der Waals surface area contributed by atoms with Crippen molar-refractivity contribution in [3.8, 4) is 5.75 Å². The first kappa shape index (κ1) is 11.9. The second kappa shape index (κ2) is 4.35. The first-order chi connectivity index (χ1) is 7.54. The lowest BCUT2D eigenvalue weighted by Crippen LogP contribution is -2.33. The van der Waals surface area contributed by atoms with Crippen molar-refractivity contribution < 1.29 is 9.84 Å². The van der Waals surface area contributed by atoms with E-state index in [2.05, 4.69) is 21.2 Å². The Morgan fingerprint density at radius 3 is 2.94 bits per heavy atom. The molecule has 0 saturated carbocycles. The van der Waals surface area contributed by atoms with Crippen molar-refractivity contribution in [2.75, 3.05) is 20.2 Å². The number of methoxy groups -OCH3 is 1. The fraction of sp³-hybridized carbons (Fsp3) is 0.500. The number of halogens is 1. The number of nitrogens with one attached hydrogen (secondary N) is 1. The molecule has 4 heteroatoms. The normalized spacial score (nSPS) is 24.8. The summed E-state index contributed by atoms with van der Waals surface area (Å²) in [7, 11) is 1.65. The molecule has 0 bridgehead atoms. The third-order valence-electron chi connectivity index (χ3n) is 3.00. The van der Waals surface area contributed by atoms with E-state index >= 15 is 0 Å². The lowest BCUT2D eigenvalue weighted by molar-refractivity contribution is 0.0594. The molecule has 3 nitrogen and oxygen atoms in total. The van der Waals surface area contributed by atoms with Crippen LogP contribution in [0.4, 0.5) is 0 Å². The molecule has 2 N–H and O–H groups in total. The Morgan fingerprint density at radius 2 is 2.25 bits per heavy atom. The topological polar surface area (TPSA) is 41.5 Å². The van der Waals surface area contributed by atoms with Gasteiger partial charge in [-0.15, -0.1) is 0 Å². The zero-order chi connectivity index (χ0) is 11.8. The molecule has 0 amide bonds. The highest BCUT2D eigenvalue weighted by molar-refractivity contribution is 9.10. The fourth-order valence-electron chi connectivity index (χ4n) is 2.11. The summed E-state index contributed by atoms with van der Waals surface area (Å²) in [6.45, 7) is 3.30.